The summed E-state index contributed by atoms with van der Waals surface area (Å²) in [4.78, 5) is 16.7. The van der Waals surface area contributed by atoms with E-state index < -0.39 is 0 Å². The number of carbonyl (C=O) groups excluding carboxylic acids is 1. The number of piperidine rings is 2. The van der Waals surface area contributed by atoms with E-state index in [1.54, 1.807) is 0 Å². The Bertz CT molecular complexity index is 294. The summed E-state index contributed by atoms with van der Waals surface area (Å²) >= 11 is 0. The molecule has 3 aliphatic rings. The molecule has 0 unspecified atom stereocenters. The van der Waals surface area contributed by atoms with Crippen LogP contribution in [0.1, 0.15) is 57.8 Å². The normalized spacial score (nSPS) is 29.8. The Kier molecular flexibility index (Phi) is 4.54. The zero-order valence-corrected chi connectivity index (χ0v) is 12.1. The molecule has 2 heterocycles. The van der Waals surface area contributed by atoms with Crippen LogP contribution in [-0.2, 0) is 4.79 Å². The highest BCUT2D eigenvalue weighted by Crippen LogP contribution is 2.26. The Balaban J connectivity index is 1.45. The van der Waals surface area contributed by atoms with Crippen LogP contribution in [0.3, 0.4) is 0 Å². The van der Waals surface area contributed by atoms with E-state index >= 15 is 0 Å². The average Bonchev–Trinajstić information content (AvgIpc) is 2.49. The van der Waals surface area contributed by atoms with Crippen LogP contribution in [0.5, 0.6) is 0 Å². The van der Waals surface area contributed by atoms with Gasteiger partial charge in [0.15, 0.2) is 0 Å². The van der Waals surface area contributed by atoms with E-state index in [1.807, 2.05) is 0 Å². The second kappa shape index (κ2) is 6.36. The molecule has 3 heteroatoms. The van der Waals surface area contributed by atoms with E-state index in [2.05, 4.69) is 9.80 Å². The summed E-state index contributed by atoms with van der Waals surface area (Å²) in [6.07, 6.45) is 10.9. The van der Waals surface area contributed by atoms with E-state index in [0.29, 0.717) is 11.8 Å². The molecule has 0 aromatic heterocycles. The average molecular weight is 264 g/mol. The summed E-state index contributed by atoms with van der Waals surface area (Å²) in [5, 5.41) is 0. The maximum atomic E-state index is 11.3. The van der Waals surface area contributed by atoms with Crippen molar-refractivity contribution in [2.24, 2.45) is 0 Å². The van der Waals surface area contributed by atoms with Gasteiger partial charge in [-0.2, -0.15) is 0 Å². The molecule has 0 N–H and O–H groups in total. The first-order valence-electron chi connectivity index (χ1n) is 8.33. The van der Waals surface area contributed by atoms with E-state index in [0.717, 1.165) is 31.7 Å². The van der Waals surface area contributed by atoms with Crippen LogP contribution in [0.15, 0.2) is 0 Å². The van der Waals surface area contributed by atoms with Gasteiger partial charge >= 0.3 is 0 Å². The Morgan fingerprint density at radius 2 is 1.21 bits per heavy atom. The molecule has 2 saturated heterocycles. The minimum Gasteiger partial charge on any atom is -0.300 e. The fraction of sp³-hybridized carbons (Fsp3) is 0.938. The highest BCUT2D eigenvalue weighted by molar-refractivity contribution is 5.79. The van der Waals surface area contributed by atoms with Crippen LogP contribution in [-0.4, -0.2) is 53.8 Å². The minimum atomic E-state index is 0.486. The second-order valence-electron chi connectivity index (χ2n) is 6.63. The quantitative estimate of drug-likeness (QED) is 0.765. The fourth-order valence-electron chi connectivity index (χ4n) is 4.19. The van der Waals surface area contributed by atoms with Gasteiger partial charge in [0.05, 0.1) is 0 Å². The topological polar surface area (TPSA) is 23.6 Å². The lowest BCUT2D eigenvalue weighted by molar-refractivity contribution is -0.121. The lowest BCUT2D eigenvalue weighted by Gasteiger charge is -2.43. The SMILES string of the molecule is O=C1CCC(N2CCC(N3CCCCC3)CC2)CC1. The van der Waals surface area contributed by atoms with Crippen LogP contribution < -0.4 is 0 Å². The van der Waals surface area contributed by atoms with Crippen molar-refractivity contribution in [3.63, 3.8) is 0 Å². The van der Waals surface area contributed by atoms with Crippen LogP contribution in [0.25, 0.3) is 0 Å². The molecule has 0 aromatic rings. The van der Waals surface area contributed by atoms with Gasteiger partial charge < -0.3 is 9.80 Å². The van der Waals surface area contributed by atoms with Crippen molar-refractivity contribution in [2.75, 3.05) is 26.2 Å². The molecule has 2 aliphatic heterocycles. The zero-order chi connectivity index (χ0) is 13.1. The molecule has 0 amide bonds. The lowest BCUT2D eigenvalue weighted by Crippen LogP contribution is -2.50. The third-order valence-electron chi connectivity index (χ3n) is 5.44. The molecule has 0 atom stereocenters. The van der Waals surface area contributed by atoms with Gasteiger partial charge in [0.1, 0.15) is 5.78 Å². The van der Waals surface area contributed by atoms with Crippen LogP contribution in [0, 0.1) is 0 Å². The smallest absolute Gasteiger partial charge is 0.133 e. The molecule has 0 aromatic carbocycles. The summed E-state index contributed by atoms with van der Waals surface area (Å²) in [7, 11) is 0. The number of carbonyl (C=O) groups is 1. The third-order valence-corrected chi connectivity index (χ3v) is 5.44. The Morgan fingerprint density at radius 1 is 0.684 bits per heavy atom. The number of nitrogens with zero attached hydrogens (tertiary/aromatic N) is 2. The van der Waals surface area contributed by atoms with Gasteiger partial charge in [-0.25, -0.2) is 0 Å². The molecular formula is C16H28N2O. The Morgan fingerprint density at radius 3 is 1.84 bits per heavy atom. The van der Waals surface area contributed by atoms with Crippen LogP contribution >= 0.6 is 0 Å². The molecule has 19 heavy (non-hydrogen) atoms. The maximum absolute atomic E-state index is 11.3. The predicted molar refractivity (Wildman–Crippen MR) is 77.3 cm³/mol. The molecule has 0 radical (unpaired) electrons. The van der Waals surface area contributed by atoms with Crippen LogP contribution in [0.2, 0.25) is 0 Å². The number of rotatable bonds is 2. The van der Waals surface area contributed by atoms with E-state index in [9.17, 15) is 4.79 Å². The van der Waals surface area contributed by atoms with Crippen molar-refractivity contribution in [3.05, 3.63) is 0 Å². The lowest BCUT2D eigenvalue weighted by atomic mass is 9.91. The molecule has 108 valence electrons. The van der Waals surface area contributed by atoms with Gasteiger partial charge in [-0.1, -0.05) is 6.42 Å². The number of likely N-dealkylation sites (tertiary alicyclic amines) is 2. The van der Waals surface area contributed by atoms with E-state index in [4.69, 9.17) is 0 Å². The van der Waals surface area contributed by atoms with E-state index in [-0.39, 0.29) is 0 Å². The van der Waals surface area contributed by atoms with Gasteiger partial charge in [-0.05, 0) is 64.7 Å². The summed E-state index contributed by atoms with van der Waals surface area (Å²) in [6, 6.07) is 1.56. The maximum Gasteiger partial charge on any atom is 0.133 e. The molecule has 1 aliphatic carbocycles. The summed E-state index contributed by atoms with van der Waals surface area (Å²) in [5.41, 5.74) is 0. The first-order valence-corrected chi connectivity index (χ1v) is 8.33. The monoisotopic (exact) mass is 264 g/mol. The van der Waals surface area contributed by atoms with Crippen molar-refractivity contribution in [1.29, 1.82) is 0 Å². The van der Waals surface area contributed by atoms with Crippen molar-refractivity contribution in [2.45, 2.75) is 69.9 Å². The second-order valence-corrected chi connectivity index (χ2v) is 6.63. The Labute approximate surface area is 117 Å². The molecule has 1 saturated carbocycles. The van der Waals surface area contributed by atoms with Crippen LogP contribution in [0.4, 0.5) is 0 Å². The standard InChI is InChI=1S/C16H28N2O/c19-16-6-4-14(5-7-16)18-12-8-15(9-13-18)17-10-2-1-3-11-17/h14-15H,1-13H2. The molecular weight excluding hydrogens is 236 g/mol. The molecule has 0 bridgehead atoms. The third kappa shape index (κ3) is 3.38. The first-order chi connectivity index (χ1) is 9.33. The van der Waals surface area contributed by atoms with E-state index in [1.165, 1.54) is 58.3 Å². The van der Waals surface area contributed by atoms with Crippen molar-refractivity contribution < 1.29 is 4.79 Å². The number of hydrogen-bond donors (Lipinski definition) is 0. The van der Waals surface area contributed by atoms with Gasteiger partial charge in [-0.3, -0.25) is 4.79 Å². The van der Waals surface area contributed by atoms with Gasteiger partial charge in [0.2, 0.25) is 0 Å². The minimum absolute atomic E-state index is 0.486. The molecule has 3 fully saturated rings. The van der Waals surface area contributed by atoms with Gasteiger partial charge in [0.25, 0.3) is 0 Å². The predicted octanol–water partition coefficient (Wildman–Crippen LogP) is 2.45. The number of Topliss-reactive ketones (excluding diaryl/α,β-unsaturated/α-hetero) is 1. The molecule has 3 rings (SSSR count). The first kappa shape index (κ1) is 13.6. The summed E-state index contributed by atoms with van der Waals surface area (Å²) in [6.45, 7) is 5.20. The Hall–Kier alpha value is -0.410. The zero-order valence-electron chi connectivity index (χ0n) is 12.1. The largest absolute Gasteiger partial charge is 0.300 e. The highest BCUT2D eigenvalue weighted by atomic mass is 16.1. The summed E-state index contributed by atoms with van der Waals surface area (Å²) in [5.74, 6) is 0.486. The number of ketones is 1. The highest BCUT2D eigenvalue weighted by Gasteiger charge is 2.30. The fourth-order valence-corrected chi connectivity index (χ4v) is 4.19. The van der Waals surface area contributed by atoms with Crippen molar-refractivity contribution in [1.82, 2.24) is 9.80 Å². The molecule has 0 spiro atoms. The number of hydrogen-bond acceptors (Lipinski definition) is 3. The van der Waals surface area contributed by atoms with Crippen molar-refractivity contribution in [3.8, 4) is 0 Å². The van der Waals surface area contributed by atoms with Gasteiger partial charge in [-0.15, -0.1) is 0 Å². The van der Waals surface area contributed by atoms with Crippen molar-refractivity contribution >= 4 is 5.78 Å². The summed E-state index contributed by atoms with van der Waals surface area (Å²) < 4.78 is 0. The molecule has 3 nitrogen and oxygen atoms in total. The van der Waals surface area contributed by atoms with Gasteiger partial charge in [0, 0.05) is 24.9 Å².